The Morgan fingerprint density at radius 3 is 2.64 bits per heavy atom. The van der Waals surface area contributed by atoms with Crippen LogP contribution in [-0.4, -0.2) is 45.3 Å². The first kappa shape index (κ1) is 15.1. The van der Waals surface area contributed by atoms with E-state index in [9.17, 15) is 4.79 Å². The summed E-state index contributed by atoms with van der Waals surface area (Å²) in [6.07, 6.45) is 0. The zero-order valence-corrected chi connectivity index (χ0v) is 13.6. The van der Waals surface area contributed by atoms with Gasteiger partial charge in [0.1, 0.15) is 38.5 Å². The molecule has 2 aromatic rings. The lowest BCUT2D eigenvalue weighted by Gasteiger charge is -2.27. The van der Waals surface area contributed by atoms with Gasteiger partial charge in [-0.15, -0.1) is 0 Å². The molecule has 0 aliphatic carbocycles. The Bertz CT molecular complexity index is 730. The van der Waals surface area contributed by atoms with Crippen molar-refractivity contribution in [3.05, 3.63) is 39.7 Å². The van der Waals surface area contributed by atoms with Gasteiger partial charge < -0.3 is 19.5 Å². The molecule has 0 spiro atoms. The molecule has 0 atom stereocenters. The van der Waals surface area contributed by atoms with Crippen LogP contribution in [0.4, 0.5) is 0 Å². The van der Waals surface area contributed by atoms with E-state index in [0.29, 0.717) is 0 Å². The lowest BCUT2D eigenvalue weighted by molar-refractivity contribution is -1.01. The van der Waals surface area contributed by atoms with Crippen LogP contribution >= 0.6 is 0 Å². The van der Waals surface area contributed by atoms with Crippen molar-refractivity contribution in [2.45, 2.75) is 13.5 Å². The second-order valence-electron chi connectivity index (χ2n) is 6.35. The van der Waals surface area contributed by atoms with Gasteiger partial charge in [-0.3, -0.25) is 4.79 Å². The largest absolute Gasteiger partial charge is 0.497 e. The molecule has 0 amide bonds. The smallest absolute Gasteiger partial charge is 0.198 e. The summed E-state index contributed by atoms with van der Waals surface area (Å²) in [4.78, 5) is 19.3. The summed E-state index contributed by atoms with van der Waals surface area (Å²) in [5.41, 5.74) is 2.92. The number of fused-ring (bicyclic) bond motifs is 1. The molecule has 1 aliphatic heterocycles. The summed E-state index contributed by atoms with van der Waals surface area (Å²) < 4.78 is 5.25. The van der Waals surface area contributed by atoms with Crippen LogP contribution in [0, 0.1) is 6.92 Å². The predicted octanol–water partition coefficient (Wildman–Crippen LogP) is -1.24. The molecule has 5 heteroatoms. The van der Waals surface area contributed by atoms with Crippen LogP contribution in [-0.2, 0) is 6.54 Å². The Morgan fingerprint density at radius 2 is 1.95 bits per heavy atom. The number of aromatic amines is 1. The fourth-order valence-corrected chi connectivity index (χ4v) is 3.23. The normalized spacial score (nSPS) is 22.0. The summed E-state index contributed by atoms with van der Waals surface area (Å²) in [6, 6.07) is 5.63. The molecule has 5 nitrogen and oxygen atoms in total. The van der Waals surface area contributed by atoms with E-state index in [1.807, 2.05) is 25.1 Å². The topological polar surface area (TPSA) is 51.0 Å². The fourth-order valence-electron chi connectivity index (χ4n) is 3.23. The second-order valence-corrected chi connectivity index (χ2v) is 6.35. The maximum absolute atomic E-state index is 12.9. The standard InChI is InChI=1S/C17H23N3O2/c1-12-15(11-20-8-6-19(2)7-9-20)17(21)14-10-13(22-3)4-5-16(14)18-12/h4-5,10H,6-9,11H2,1-3H3,(H,18,21)/p+2. The van der Waals surface area contributed by atoms with Crippen molar-refractivity contribution in [2.24, 2.45) is 0 Å². The van der Waals surface area contributed by atoms with Crippen molar-refractivity contribution in [3.63, 3.8) is 0 Å². The van der Waals surface area contributed by atoms with E-state index in [1.165, 1.54) is 18.0 Å². The summed E-state index contributed by atoms with van der Waals surface area (Å²) in [6.45, 7) is 7.41. The molecule has 118 valence electrons. The van der Waals surface area contributed by atoms with E-state index in [2.05, 4.69) is 12.0 Å². The molecule has 22 heavy (non-hydrogen) atoms. The number of H-pyrrole nitrogens is 1. The van der Waals surface area contributed by atoms with Crippen molar-refractivity contribution in [3.8, 4) is 5.75 Å². The molecule has 2 heterocycles. The van der Waals surface area contributed by atoms with Gasteiger partial charge in [-0.25, -0.2) is 0 Å². The molecule has 3 N–H and O–H groups in total. The van der Waals surface area contributed by atoms with Gasteiger partial charge in [0.05, 0.1) is 19.7 Å². The summed E-state index contributed by atoms with van der Waals surface area (Å²) in [5.74, 6) is 0.725. The summed E-state index contributed by atoms with van der Waals surface area (Å²) in [5, 5.41) is 0.721. The van der Waals surface area contributed by atoms with Crippen molar-refractivity contribution < 1.29 is 14.5 Å². The molecule has 1 aromatic heterocycles. The highest BCUT2D eigenvalue weighted by molar-refractivity contribution is 5.81. The quantitative estimate of drug-likeness (QED) is 0.664. The van der Waals surface area contributed by atoms with Crippen LogP contribution in [0.3, 0.4) is 0 Å². The minimum Gasteiger partial charge on any atom is -0.497 e. The minimum atomic E-state index is 0.143. The third-order valence-corrected chi connectivity index (χ3v) is 4.76. The van der Waals surface area contributed by atoms with Crippen LogP contribution < -0.4 is 20.0 Å². The van der Waals surface area contributed by atoms with Crippen LogP contribution in [0.25, 0.3) is 10.9 Å². The Kier molecular flexibility index (Phi) is 4.18. The number of likely N-dealkylation sites (N-methyl/N-ethyl adjacent to an activating group) is 1. The number of hydrogen-bond donors (Lipinski definition) is 3. The van der Waals surface area contributed by atoms with E-state index in [0.717, 1.165) is 47.5 Å². The number of ether oxygens (including phenoxy) is 1. The first-order valence-electron chi connectivity index (χ1n) is 7.93. The molecule has 1 aliphatic rings. The minimum absolute atomic E-state index is 0.143. The SMILES string of the molecule is COc1ccc2[nH]c(C)c(C[NH+]3CC[NH+](C)CC3)c(=O)c2c1. The number of hydrogen-bond acceptors (Lipinski definition) is 2. The van der Waals surface area contributed by atoms with Gasteiger partial charge >= 0.3 is 0 Å². The van der Waals surface area contributed by atoms with Gasteiger partial charge in [0, 0.05) is 16.6 Å². The van der Waals surface area contributed by atoms with Gasteiger partial charge in [-0.1, -0.05) is 0 Å². The summed E-state index contributed by atoms with van der Waals surface area (Å²) >= 11 is 0. The highest BCUT2D eigenvalue weighted by Gasteiger charge is 2.22. The molecular weight excluding hydrogens is 278 g/mol. The number of rotatable bonds is 3. The van der Waals surface area contributed by atoms with Crippen molar-refractivity contribution >= 4 is 10.9 Å². The second kappa shape index (κ2) is 6.10. The molecule has 0 radical (unpaired) electrons. The lowest BCUT2D eigenvalue weighted by atomic mass is 10.1. The number of pyridine rings is 1. The van der Waals surface area contributed by atoms with E-state index in [1.54, 1.807) is 12.0 Å². The van der Waals surface area contributed by atoms with Gasteiger partial charge in [0.2, 0.25) is 0 Å². The van der Waals surface area contributed by atoms with Crippen molar-refractivity contribution in [1.29, 1.82) is 0 Å². The maximum atomic E-state index is 12.9. The number of piperazine rings is 1. The van der Waals surface area contributed by atoms with Crippen LogP contribution in [0.15, 0.2) is 23.0 Å². The van der Waals surface area contributed by atoms with Crippen molar-refractivity contribution in [1.82, 2.24) is 4.98 Å². The van der Waals surface area contributed by atoms with E-state index < -0.39 is 0 Å². The third kappa shape index (κ3) is 2.87. The number of aromatic nitrogens is 1. The zero-order valence-electron chi connectivity index (χ0n) is 13.6. The zero-order chi connectivity index (χ0) is 15.7. The van der Waals surface area contributed by atoms with Gasteiger partial charge in [0.25, 0.3) is 0 Å². The molecule has 1 fully saturated rings. The average molecular weight is 303 g/mol. The van der Waals surface area contributed by atoms with Gasteiger partial charge in [0.15, 0.2) is 5.43 Å². The average Bonchev–Trinajstić information content (AvgIpc) is 2.53. The molecule has 3 rings (SSSR count). The number of quaternary nitrogens is 2. The van der Waals surface area contributed by atoms with E-state index in [-0.39, 0.29) is 5.43 Å². The maximum Gasteiger partial charge on any atom is 0.198 e. The van der Waals surface area contributed by atoms with Gasteiger partial charge in [-0.05, 0) is 25.1 Å². The summed E-state index contributed by atoms with van der Waals surface area (Å²) in [7, 11) is 3.86. The third-order valence-electron chi connectivity index (χ3n) is 4.76. The number of benzene rings is 1. The fraction of sp³-hybridized carbons (Fsp3) is 0.471. The molecule has 1 aromatic carbocycles. The number of nitrogens with one attached hydrogen (secondary N) is 3. The Balaban J connectivity index is 1.96. The highest BCUT2D eigenvalue weighted by atomic mass is 16.5. The van der Waals surface area contributed by atoms with E-state index >= 15 is 0 Å². The molecule has 0 saturated carbocycles. The van der Waals surface area contributed by atoms with Crippen LogP contribution in [0.5, 0.6) is 5.75 Å². The molecule has 1 saturated heterocycles. The number of aryl methyl sites for hydroxylation is 1. The first-order valence-corrected chi connectivity index (χ1v) is 7.93. The van der Waals surface area contributed by atoms with Crippen LogP contribution in [0.1, 0.15) is 11.3 Å². The van der Waals surface area contributed by atoms with Crippen molar-refractivity contribution in [2.75, 3.05) is 40.3 Å². The Morgan fingerprint density at radius 1 is 1.23 bits per heavy atom. The highest BCUT2D eigenvalue weighted by Crippen LogP contribution is 2.17. The molecular formula is C17H25N3O2+2. The molecule has 0 bridgehead atoms. The van der Waals surface area contributed by atoms with Gasteiger partial charge in [-0.2, -0.15) is 0 Å². The number of methoxy groups -OCH3 is 1. The lowest BCUT2D eigenvalue weighted by Crippen LogP contribution is -3.26. The van der Waals surface area contributed by atoms with E-state index in [4.69, 9.17) is 4.74 Å². The predicted molar refractivity (Wildman–Crippen MR) is 86.9 cm³/mol. The Hall–Kier alpha value is -1.85. The Labute approximate surface area is 130 Å². The van der Waals surface area contributed by atoms with Crippen LogP contribution in [0.2, 0.25) is 0 Å². The monoisotopic (exact) mass is 303 g/mol. The molecule has 0 unspecified atom stereocenters. The first-order chi connectivity index (χ1) is 10.6.